The van der Waals surface area contributed by atoms with E-state index in [1.807, 2.05) is 19.9 Å². The predicted octanol–water partition coefficient (Wildman–Crippen LogP) is 2.03. The average molecular weight is 605 g/mol. The third-order valence-corrected chi connectivity index (χ3v) is 8.98. The van der Waals surface area contributed by atoms with Gasteiger partial charge in [-0.25, -0.2) is 9.56 Å². The van der Waals surface area contributed by atoms with Crippen LogP contribution in [0.4, 0.5) is 0 Å². The summed E-state index contributed by atoms with van der Waals surface area (Å²) in [6.07, 6.45) is -2.34. The van der Waals surface area contributed by atoms with Crippen LogP contribution >= 0.6 is 7.75 Å². The highest BCUT2D eigenvalue weighted by atomic mass is 31.2. The number of carbonyl (C=O) groups is 1. The molecular weight excluding hydrogens is 567 g/mol. The van der Waals surface area contributed by atoms with Crippen LogP contribution in [-0.2, 0) is 29.0 Å². The molecule has 0 aliphatic carbocycles. The highest BCUT2D eigenvalue weighted by molar-refractivity contribution is 7.52. The van der Waals surface area contributed by atoms with E-state index in [0.29, 0.717) is 5.69 Å². The van der Waals surface area contributed by atoms with E-state index in [0.717, 1.165) is 12.8 Å². The van der Waals surface area contributed by atoms with Gasteiger partial charge in [-0.1, -0.05) is 44.9 Å². The molecule has 228 valence electrons. The largest absolute Gasteiger partial charge is 0.464 e. The number of aliphatic hydroxyl groups is 2. The minimum atomic E-state index is -4.31. The smallest absolute Gasteiger partial charge is 0.459 e. The molecule has 14 nitrogen and oxygen atoms in total. The average Bonchev–Trinajstić information content (AvgIpc) is 3.53. The van der Waals surface area contributed by atoms with Crippen molar-refractivity contribution in [2.45, 2.75) is 69.7 Å². The molecule has 2 aliphatic rings. The Morgan fingerprint density at radius 2 is 2.00 bits per heavy atom. The van der Waals surface area contributed by atoms with Crippen LogP contribution < -0.4 is 20.8 Å². The van der Waals surface area contributed by atoms with Gasteiger partial charge in [0.1, 0.15) is 48.7 Å². The molecule has 1 aromatic carbocycles. The number of esters is 1. The summed E-state index contributed by atoms with van der Waals surface area (Å²) < 4.78 is 38.0. The first-order chi connectivity index (χ1) is 20.1. The van der Waals surface area contributed by atoms with Gasteiger partial charge in [0.05, 0.1) is 24.6 Å². The van der Waals surface area contributed by atoms with Gasteiger partial charge in [-0.3, -0.25) is 19.4 Å². The second-order valence-corrected chi connectivity index (χ2v) is 11.8. The van der Waals surface area contributed by atoms with E-state index < -0.39 is 56.4 Å². The molecule has 1 saturated heterocycles. The van der Waals surface area contributed by atoms with Crippen LogP contribution in [0.2, 0.25) is 0 Å². The zero-order chi connectivity index (χ0) is 30.5. The Bertz CT molecular complexity index is 1350. The fourth-order valence-corrected chi connectivity index (χ4v) is 6.20. The number of hydrogen-bond donors (Lipinski definition) is 5. The molecule has 3 heterocycles. The van der Waals surface area contributed by atoms with Crippen LogP contribution in [0.3, 0.4) is 0 Å². The minimum absolute atomic E-state index is 0.173. The molecule has 4 rings (SSSR count). The lowest BCUT2D eigenvalue weighted by Crippen LogP contribution is -2.43. The van der Waals surface area contributed by atoms with Crippen LogP contribution in [0.25, 0.3) is 0 Å². The molecule has 15 heteroatoms. The van der Waals surface area contributed by atoms with Crippen LogP contribution in [-0.4, -0.2) is 64.8 Å². The molecule has 6 N–H and O–H groups in total. The molecule has 42 heavy (non-hydrogen) atoms. The zero-order valence-electron chi connectivity index (χ0n) is 23.6. The number of aromatic nitrogens is 1. The molecule has 2 aromatic rings. The van der Waals surface area contributed by atoms with Crippen molar-refractivity contribution < 1.29 is 38.1 Å². The molecule has 7 atom stereocenters. The quantitative estimate of drug-likeness (QED) is 0.165. The number of nitriles is 1. The normalized spacial score (nSPS) is 27.0. The van der Waals surface area contributed by atoms with E-state index in [2.05, 4.69) is 15.5 Å². The van der Waals surface area contributed by atoms with E-state index in [1.54, 1.807) is 36.4 Å². The van der Waals surface area contributed by atoms with Crippen LogP contribution in [0.1, 0.15) is 51.2 Å². The third-order valence-electron chi connectivity index (χ3n) is 7.34. The fourth-order valence-electron chi connectivity index (χ4n) is 4.70. The van der Waals surface area contributed by atoms with Gasteiger partial charge in [0, 0.05) is 0 Å². The summed E-state index contributed by atoms with van der Waals surface area (Å²) in [5.74, 6) is -0.262. The fraction of sp³-hybridized carbons (Fsp3) is 0.519. The molecule has 0 bridgehead atoms. The molecule has 1 aromatic heterocycles. The number of carbonyl (C=O) groups excluding carboxylic acids is 1. The topological polar surface area (TPSA) is 203 Å². The van der Waals surface area contributed by atoms with Gasteiger partial charge in [0.15, 0.2) is 0 Å². The number of aliphatic imine (C=N–C) groups is 1. The molecule has 1 fully saturated rings. The molecular formula is C27H37N6O8P. The SMILES string of the molecule is CCC(CC)COC(=O)[C@H](C)N[P@](=O)(OC[C@H]1O[C@@](C#N)(c2ccc3n2NC=NC3N)[C@H](O)[C@@H]1O)Oc1ccccc1. The number of nitrogens with two attached hydrogens (primary N) is 1. The van der Waals surface area contributed by atoms with Crippen LogP contribution in [0.15, 0.2) is 47.5 Å². The highest BCUT2D eigenvalue weighted by Gasteiger charge is 2.58. The number of benzene rings is 1. The van der Waals surface area contributed by atoms with Gasteiger partial charge < -0.3 is 29.9 Å². The standard InChI is InChI=1S/C27H37N6O8P/c1-4-18(5-2)13-38-26(36)17(3)32-42(37,41-19-9-7-6-8-10-19)39-14-21-23(34)24(35)27(15-28,40-21)22-12-11-20-25(29)30-16-31-33(20)22/h6-12,16-18,21,23-25,34-35H,4-5,13-14,29H2,1-3H3,(H,30,31)(H,32,37)/t17-,21+,23+,24+,25?,27-,42-/m0/s1. The second kappa shape index (κ2) is 13.4. The van der Waals surface area contributed by atoms with Crippen molar-refractivity contribution in [3.8, 4) is 11.8 Å². The van der Waals surface area contributed by atoms with Gasteiger partial charge in [-0.2, -0.15) is 10.3 Å². The van der Waals surface area contributed by atoms with Crippen LogP contribution in [0.5, 0.6) is 5.75 Å². The Labute approximate surface area is 244 Å². The van der Waals surface area contributed by atoms with Crippen molar-refractivity contribution in [3.05, 3.63) is 53.9 Å². The maximum atomic E-state index is 13.9. The Balaban J connectivity index is 1.51. The van der Waals surface area contributed by atoms with Gasteiger partial charge in [0.2, 0.25) is 5.60 Å². The lowest BCUT2D eigenvalue weighted by molar-refractivity contribution is -0.146. The number of para-hydroxylation sites is 1. The van der Waals surface area contributed by atoms with Crippen molar-refractivity contribution in [2.75, 3.05) is 18.6 Å². The first kappa shape index (κ1) is 31.7. The van der Waals surface area contributed by atoms with Crippen LogP contribution in [0, 0.1) is 17.2 Å². The number of nitrogens with zero attached hydrogens (tertiary/aromatic N) is 3. The molecule has 0 amide bonds. The van der Waals surface area contributed by atoms with E-state index in [1.165, 1.54) is 24.0 Å². The molecule has 0 saturated carbocycles. The van der Waals surface area contributed by atoms with Crippen molar-refractivity contribution in [2.24, 2.45) is 16.6 Å². The van der Waals surface area contributed by atoms with Gasteiger partial charge in [-0.05, 0) is 37.1 Å². The number of aliphatic hydroxyl groups excluding tert-OH is 2. The van der Waals surface area contributed by atoms with E-state index >= 15 is 0 Å². The second-order valence-electron chi connectivity index (χ2n) is 10.1. The maximum Gasteiger partial charge on any atom is 0.459 e. The minimum Gasteiger partial charge on any atom is -0.464 e. The molecule has 0 spiro atoms. The summed E-state index contributed by atoms with van der Waals surface area (Å²) in [7, 11) is -4.31. The number of ether oxygens (including phenoxy) is 2. The van der Waals surface area contributed by atoms with Gasteiger partial charge in [-0.15, -0.1) is 0 Å². The predicted molar refractivity (Wildman–Crippen MR) is 152 cm³/mol. The molecule has 0 radical (unpaired) electrons. The number of rotatable bonds is 13. The number of nitrogens with one attached hydrogen (secondary N) is 2. The Kier molecular flexibility index (Phi) is 10.1. The van der Waals surface area contributed by atoms with Gasteiger partial charge >= 0.3 is 13.7 Å². The Morgan fingerprint density at radius 3 is 2.67 bits per heavy atom. The van der Waals surface area contributed by atoms with Crippen molar-refractivity contribution in [1.29, 1.82) is 5.26 Å². The summed E-state index contributed by atoms with van der Waals surface area (Å²) in [6.45, 7) is 5.11. The lowest BCUT2D eigenvalue weighted by Gasteiger charge is -2.28. The summed E-state index contributed by atoms with van der Waals surface area (Å²) >= 11 is 0. The summed E-state index contributed by atoms with van der Waals surface area (Å²) in [5.41, 5.74) is 7.48. The summed E-state index contributed by atoms with van der Waals surface area (Å²) in [5, 5.41) is 34.6. The maximum absolute atomic E-state index is 13.9. The van der Waals surface area contributed by atoms with E-state index in [-0.39, 0.29) is 24.0 Å². The lowest BCUT2D eigenvalue weighted by atomic mass is 9.92. The number of fused-ring (bicyclic) bond motifs is 1. The van der Waals surface area contributed by atoms with Crippen molar-refractivity contribution >= 4 is 20.1 Å². The van der Waals surface area contributed by atoms with E-state index in [9.17, 15) is 24.8 Å². The highest BCUT2D eigenvalue weighted by Crippen LogP contribution is 2.47. The van der Waals surface area contributed by atoms with E-state index in [4.69, 9.17) is 24.3 Å². The molecule has 1 unspecified atom stereocenters. The number of hydrogen-bond acceptors (Lipinski definition) is 12. The zero-order valence-corrected chi connectivity index (χ0v) is 24.5. The first-order valence-corrected chi connectivity index (χ1v) is 15.3. The third kappa shape index (κ3) is 6.53. The van der Waals surface area contributed by atoms with Gasteiger partial charge in [0.25, 0.3) is 0 Å². The Morgan fingerprint density at radius 1 is 1.29 bits per heavy atom. The van der Waals surface area contributed by atoms with Crippen molar-refractivity contribution in [1.82, 2.24) is 9.76 Å². The first-order valence-electron chi connectivity index (χ1n) is 13.7. The molecule has 2 aliphatic heterocycles. The summed E-state index contributed by atoms with van der Waals surface area (Å²) in [4.78, 5) is 16.7. The monoisotopic (exact) mass is 604 g/mol. The van der Waals surface area contributed by atoms with Crippen molar-refractivity contribution in [3.63, 3.8) is 0 Å². The summed E-state index contributed by atoms with van der Waals surface area (Å²) in [6, 6.07) is 12.2. The Hall–Kier alpha value is -3.28.